The molecule has 0 saturated carbocycles. The Labute approximate surface area is 118 Å². The first-order valence-corrected chi connectivity index (χ1v) is 6.85. The van der Waals surface area contributed by atoms with Crippen LogP contribution in [0.4, 0.5) is 5.82 Å². The molecule has 1 saturated heterocycles. The maximum atomic E-state index is 12.5. The SMILES string of the molecule is CC1CCN(C(=O)c2nc(NN)ccc2Cl)C(C)C1. The third-order valence-electron chi connectivity index (χ3n) is 3.60. The molecular weight excluding hydrogens is 264 g/mol. The second kappa shape index (κ2) is 5.75. The van der Waals surface area contributed by atoms with E-state index in [0.29, 0.717) is 16.8 Å². The molecule has 1 amide bonds. The Morgan fingerprint density at radius 2 is 2.26 bits per heavy atom. The molecule has 0 aliphatic carbocycles. The van der Waals surface area contributed by atoms with Crippen LogP contribution in [0.15, 0.2) is 12.1 Å². The molecule has 2 rings (SSSR count). The molecule has 3 N–H and O–H groups in total. The van der Waals surface area contributed by atoms with Crippen molar-refractivity contribution in [2.45, 2.75) is 32.7 Å². The summed E-state index contributed by atoms with van der Waals surface area (Å²) in [5.74, 6) is 6.28. The average Bonchev–Trinajstić information content (AvgIpc) is 2.38. The first kappa shape index (κ1) is 14.1. The molecule has 1 fully saturated rings. The van der Waals surface area contributed by atoms with E-state index in [1.807, 2.05) is 4.90 Å². The summed E-state index contributed by atoms with van der Waals surface area (Å²) < 4.78 is 0. The summed E-state index contributed by atoms with van der Waals surface area (Å²) in [6.07, 6.45) is 2.03. The number of halogens is 1. The van der Waals surface area contributed by atoms with Crippen LogP contribution < -0.4 is 11.3 Å². The third-order valence-corrected chi connectivity index (χ3v) is 3.90. The highest BCUT2D eigenvalue weighted by Gasteiger charge is 2.29. The largest absolute Gasteiger partial charge is 0.335 e. The van der Waals surface area contributed by atoms with Gasteiger partial charge in [-0.25, -0.2) is 10.8 Å². The van der Waals surface area contributed by atoms with Gasteiger partial charge < -0.3 is 10.3 Å². The molecule has 6 heteroatoms. The number of hydrogen-bond donors (Lipinski definition) is 2. The summed E-state index contributed by atoms with van der Waals surface area (Å²) in [6.45, 7) is 5.02. The Kier molecular flexibility index (Phi) is 4.27. The van der Waals surface area contributed by atoms with Crippen LogP contribution in [0, 0.1) is 5.92 Å². The number of nitrogen functional groups attached to an aromatic ring is 1. The lowest BCUT2D eigenvalue weighted by Crippen LogP contribution is -2.44. The first-order chi connectivity index (χ1) is 9.02. The van der Waals surface area contributed by atoms with Crippen molar-refractivity contribution in [1.82, 2.24) is 9.88 Å². The minimum Gasteiger partial charge on any atom is -0.335 e. The van der Waals surface area contributed by atoms with Gasteiger partial charge in [0.1, 0.15) is 11.5 Å². The lowest BCUT2D eigenvalue weighted by Gasteiger charge is -2.36. The van der Waals surface area contributed by atoms with Crippen LogP contribution in [0.1, 0.15) is 37.2 Å². The summed E-state index contributed by atoms with van der Waals surface area (Å²) >= 11 is 6.07. The maximum Gasteiger partial charge on any atom is 0.274 e. The van der Waals surface area contributed by atoms with Gasteiger partial charge in [-0.3, -0.25) is 4.79 Å². The molecule has 0 spiro atoms. The molecule has 1 aromatic heterocycles. The number of likely N-dealkylation sites (tertiary alicyclic amines) is 1. The Morgan fingerprint density at radius 1 is 1.53 bits per heavy atom. The van der Waals surface area contributed by atoms with Crippen LogP contribution in [-0.2, 0) is 0 Å². The number of hydrazine groups is 1. The van der Waals surface area contributed by atoms with Gasteiger partial charge >= 0.3 is 0 Å². The molecule has 1 aliphatic rings. The fraction of sp³-hybridized carbons (Fsp3) is 0.538. The number of piperidine rings is 1. The van der Waals surface area contributed by atoms with Crippen LogP contribution in [0.2, 0.25) is 5.02 Å². The van der Waals surface area contributed by atoms with Crippen molar-refractivity contribution >= 4 is 23.3 Å². The fourth-order valence-corrected chi connectivity index (χ4v) is 2.70. The Morgan fingerprint density at radius 3 is 2.89 bits per heavy atom. The zero-order valence-corrected chi connectivity index (χ0v) is 11.9. The van der Waals surface area contributed by atoms with Crippen molar-refractivity contribution in [3.05, 3.63) is 22.8 Å². The minimum absolute atomic E-state index is 0.124. The van der Waals surface area contributed by atoms with Crippen molar-refractivity contribution in [2.24, 2.45) is 11.8 Å². The predicted molar refractivity (Wildman–Crippen MR) is 76.0 cm³/mol. The van der Waals surface area contributed by atoms with Crippen LogP contribution in [-0.4, -0.2) is 28.4 Å². The van der Waals surface area contributed by atoms with Crippen LogP contribution in [0.5, 0.6) is 0 Å². The third kappa shape index (κ3) is 2.98. The highest BCUT2D eigenvalue weighted by Crippen LogP contribution is 2.25. The normalized spacial score (nSPS) is 23.3. The van der Waals surface area contributed by atoms with Crippen LogP contribution in [0.25, 0.3) is 0 Å². The molecule has 19 heavy (non-hydrogen) atoms. The van der Waals surface area contributed by atoms with Gasteiger partial charge in [0.2, 0.25) is 0 Å². The zero-order chi connectivity index (χ0) is 14.0. The number of nitrogens with one attached hydrogen (secondary N) is 1. The van der Waals surface area contributed by atoms with Crippen molar-refractivity contribution < 1.29 is 4.79 Å². The van der Waals surface area contributed by atoms with Gasteiger partial charge in [0.25, 0.3) is 5.91 Å². The summed E-state index contributed by atoms with van der Waals surface area (Å²) in [4.78, 5) is 18.5. The second-order valence-electron chi connectivity index (χ2n) is 5.15. The van der Waals surface area contributed by atoms with E-state index in [2.05, 4.69) is 24.3 Å². The number of anilines is 1. The van der Waals surface area contributed by atoms with E-state index in [1.54, 1.807) is 12.1 Å². The van der Waals surface area contributed by atoms with Crippen molar-refractivity contribution in [1.29, 1.82) is 0 Å². The fourth-order valence-electron chi connectivity index (χ4n) is 2.52. The van der Waals surface area contributed by atoms with E-state index in [-0.39, 0.29) is 17.6 Å². The smallest absolute Gasteiger partial charge is 0.274 e. The molecule has 2 unspecified atom stereocenters. The number of carbonyl (C=O) groups is 1. The zero-order valence-electron chi connectivity index (χ0n) is 11.2. The van der Waals surface area contributed by atoms with Gasteiger partial charge in [-0.05, 0) is 37.8 Å². The number of carbonyl (C=O) groups excluding carboxylic acids is 1. The maximum absolute atomic E-state index is 12.5. The van der Waals surface area contributed by atoms with Gasteiger partial charge in [0, 0.05) is 12.6 Å². The van der Waals surface area contributed by atoms with E-state index < -0.39 is 0 Å². The van der Waals surface area contributed by atoms with E-state index in [0.717, 1.165) is 19.4 Å². The highest BCUT2D eigenvalue weighted by molar-refractivity contribution is 6.33. The Balaban J connectivity index is 2.24. The molecule has 0 radical (unpaired) electrons. The summed E-state index contributed by atoms with van der Waals surface area (Å²) in [7, 11) is 0. The van der Waals surface area contributed by atoms with E-state index >= 15 is 0 Å². The Hall–Kier alpha value is -1.33. The molecule has 1 aliphatic heterocycles. The quantitative estimate of drug-likeness (QED) is 0.645. The molecule has 1 aromatic rings. The molecule has 2 atom stereocenters. The average molecular weight is 283 g/mol. The molecule has 104 valence electrons. The molecular formula is C13H19ClN4O. The van der Waals surface area contributed by atoms with E-state index in [9.17, 15) is 4.79 Å². The topological polar surface area (TPSA) is 71.2 Å². The van der Waals surface area contributed by atoms with E-state index in [1.165, 1.54) is 0 Å². The van der Waals surface area contributed by atoms with Gasteiger partial charge in [0.15, 0.2) is 0 Å². The van der Waals surface area contributed by atoms with Crippen molar-refractivity contribution in [3.8, 4) is 0 Å². The Bertz CT molecular complexity index is 480. The van der Waals surface area contributed by atoms with Gasteiger partial charge in [-0.1, -0.05) is 18.5 Å². The molecule has 0 aromatic carbocycles. The highest BCUT2D eigenvalue weighted by atomic mass is 35.5. The summed E-state index contributed by atoms with van der Waals surface area (Å²) in [5, 5.41) is 0.356. The number of nitrogens with two attached hydrogens (primary N) is 1. The van der Waals surface area contributed by atoms with Crippen LogP contribution >= 0.6 is 11.6 Å². The molecule has 2 heterocycles. The number of rotatable bonds is 2. The van der Waals surface area contributed by atoms with Crippen molar-refractivity contribution in [2.75, 3.05) is 12.0 Å². The van der Waals surface area contributed by atoms with Crippen LogP contribution in [0.3, 0.4) is 0 Å². The van der Waals surface area contributed by atoms with Gasteiger partial charge in [-0.2, -0.15) is 0 Å². The predicted octanol–water partition coefficient (Wildman–Crippen LogP) is 2.28. The van der Waals surface area contributed by atoms with Gasteiger partial charge in [0.05, 0.1) is 5.02 Å². The number of amides is 1. The number of aromatic nitrogens is 1. The van der Waals surface area contributed by atoms with E-state index in [4.69, 9.17) is 17.4 Å². The minimum atomic E-state index is -0.124. The van der Waals surface area contributed by atoms with Crippen molar-refractivity contribution in [3.63, 3.8) is 0 Å². The lowest BCUT2D eigenvalue weighted by molar-refractivity contribution is 0.0583. The standard InChI is InChI=1S/C13H19ClN4O/c1-8-5-6-18(9(2)7-8)13(19)12-10(14)3-4-11(16-12)17-15/h3-4,8-9H,5-7,15H2,1-2H3,(H,16,17). The summed E-state index contributed by atoms with van der Waals surface area (Å²) in [6, 6.07) is 3.48. The summed E-state index contributed by atoms with van der Waals surface area (Å²) in [5.41, 5.74) is 2.69. The molecule has 5 nitrogen and oxygen atoms in total. The number of pyridine rings is 1. The monoisotopic (exact) mass is 282 g/mol. The number of hydrogen-bond acceptors (Lipinski definition) is 4. The first-order valence-electron chi connectivity index (χ1n) is 6.47. The second-order valence-corrected chi connectivity index (χ2v) is 5.56. The van der Waals surface area contributed by atoms with Gasteiger partial charge in [-0.15, -0.1) is 0 Å². The number of nitrogens with zero attached hydrogens (tertiary/aromatic N) is 2. The lowest BCUT2D eigenvalue weighted by atomic mass is 9.93. The molecule has 0 bridgehead atoms.